The first-order chi connectivity index (χ1) is 14.1. The molecule has 1 atom stereocenters. The summed E-state index contributed by atoms with van der Waals surface area (Å²) in [5.74, 6) is 1.93. The Hall–Kier alpha value is -3.06. The van der Waals surface area contributed by atoms with Crippen LogP contribution >= 0.6 is 11.6 Å². The van der Waals surface area contributed by atoms with Gasteiger partial charge in [-0.2, -0.15) is 4.98 Å². The van der Waals surface area contributed by atoms with Gasteiger partial charge in [-0.05, 0) is 48.9 Å². The van der Waals surface area contributed by atoms with Gasteiger partial charge in [-0.15, -0.1) is 0 Å². The van der Waals surface area contributed by atoms with Gasteiger partial charge < -0.3 is 19.3 Å². The van der Waals surface area contributed by atoms with Crippen molar-refractivity contribution in [2.45, 2.75) is 19.3 Å². The fraction of sp³-hybridized carbons (Fsp3) is 0.286. The Bertz CT molecular complexity index is 1000. The second-order valence-corrected chi connectivity index (χ2v) is 7.12. The van der Waals surface area contributed by atoms with Crippen molar-refractivity contribution >= 4 is 17.5 Å². The fourth-order valence-corrected chi connectivity index (χ4v) is 3.12. The van der Waals surface area contributed by atoms with E-state index in [0.717, 1.165) is 11.1 Å². The van der Waals surface area contributed by atoms with E-state index in [4.69, 9.17) is 25.6 Å². The summed E-state index contributed by atoms with van der Waals surface area (Å²) in [7, 11) is 0. The quantitative estimate of drug-likeness (QED) is 0.664. The van der Waals surface area contributed by atoms with Crippen LogP contribution in [0.5, 0.6) is 11.5 Å². The van der Waals surface area contributed by atoms with Crippen LogP contribution in [0.15, 0.2) is 47.0 Å². The van der Waals surface area contributed by atoms with Gasteiger partial charge in [0.1, 0.15) is 13.2 Å². The second-order valence-electron chi connectivity index (χ2n) is 6.68. The molecule has 1 aliphatic heterocycles. The zero-order chi connectivity index (χ0) is 20.2. The molecular weight excluding hydrogens is 394 g/mol. The number of amides is 1. The lowest BCUT2D eigenvalue weighted by Gasteiger charge is -2.20. The minimum atomic E-state index is -0.321. The molecule has 0 aliphatic carbocycles. The molecule has 2 heterocycles. The van der Waals surface area contributed by atoms with Gasteiger partial charge in [0.15, 0.2) is 11.5 Å². The maximum absolute atomic E-state index is 12.5. The highest BCUT2D eigenvalue weighted by atomic mass is 35.5. The van der Waals surface area contributed by atoms with Gasteiger partial charge in [0.2, 0.25) is 17.6 Å². The van der Waals surface area contributed by atoms with Crippen LogP contribution < -0.4 is 14.8 Å². The summed E-state index contributed by atoms with van der Waals surface area (Å²) in [5.41, 5.74) is 1.69. The van der Waals surface area contributed by atoms with E-state index in [9.17, 15) is 4.79 Å². The maximum atomic E-state index is 12.5. The zero-order valence-electron chi connectivity index (χ0n) is 15.9. The smallest absolute Gasteiger partial charge is 0.228 e. The van der Waals surface area contributed by atoms with Crippen LogP contribution in [0, 0.1) is 0 Å². The first-order valence-corrected chi connectivity index (χ1v) is 9.74. The summed E-state index contributed by atoms with van der Waals surface area (Å²) in [5, 5.41) is 7.53. The van der Waals surface area contributed by atoms with E-state index in [0.29, 0.717) is 54.4 Å². The Labute approximate surface area is 173 Å². The SMILES string of the molecule is CC(C(=O)NCCc1nc(-c2ccc(Cl)cc2)no1)c1ccc2c(c1)OCCO2. The number of fused-ring (bicyclic) bond motifs is 1. The monoisotopic (exact) mass is 413 g/mol. The van der Waals surface area contributed by atoms with E-state index < -0.39 is 0 Å². The fourth-order valence-electron chi connectivity index (χ4n) is 3.00. The van der Waals surface area contributed by atoms with Crippen LogP contribution in [-0.2, 0) is 11.2 Å². The van der Waals surface area contributed by atoms with Crippen LogP contribution in [0.3, 0.4) is 0 Å². The van der Waals surface area contributed by atoms with Gasteiger partial charge in [-0.3, -0.25) is 4.79 Å². The number of carbonyl (C=O) groups is 1. The lowest BCUT2D eigenvalue weighted by Crippen LogP contribution is -2.30. The van der Waals surface area contributed by atoms with Crippen LogP contribution in [-0.4, -0.2) is 35.8 Å². The van der Waals surface area contributed by atoms with Gasteiger partial charge >= 0.3 is 0 Å². The van der Waals surface area contributed by atoms with Crippen LogP contribution in [0.4, 0.5) is 0 Å². The number of nitrogens with zero attached hydrogens (tertiary/aromatic N) is 2. The molecule has 7 nitrogen and oxygen atoms in total. The number of carbonyl (C=O) groups excluding carboxylic acids is 1. The largest absolute Gasteiger partial charge is 0.486 e. The maximum Gasteiger partial charge on any atom is 0.228 e. The number of hydrogen-bond acceptors (Lipinski definition) is 6. The molecule has 0 spiro atoms. The zero-order valence-corrected chi connectivity index (χ0v) is 16.6. The summed E-state index contributed by atoms with van der Waals surface area (Å²) in [6, 6.07) is 12.8. The lowest BCUT2D eigenvalue weighted by molar-refractivity contribution is -0.122. The van der Waals surface area contributed by atoms with Gasteiger partial charge in [-0.1, -0.05) is 22.8 Å². The van der Waals surface area contributed by atoms with E-state index in [1.807, 2.05) is 37.3 Å². The first-order valence-electron chi connectivity index (χ1n) is 9.36. The van der Waals surface area contributed by atoms with Crippen molar-refractivity contribution in [1.29, 1.82) is 0 Å². The first kappa shape index (κ1) is 19.3. The number of benzene rings is 2. The highest BCUT2D eigenvalue weighted by Gasteiger charge is 2.19. The van der Waals surface area contributed by atoms with E-state index >= 15 is 0 Å². The van der Waals surface area contributed by atoms with Gasteiger partial charge in [0, 0.05) is 23.6 Å². The number of nitrogens with one attached hydrogen (secondary N) is 1. The van der Waals surface area contributed by atoms with E-state index in [2.05, 4.69) is 15.5 Å². The van der Waals surface area contributed by atoms with Gasteiger partial charge in [0.25, 0.3) is 0 Å². The molecule has 3 aromatic rings. The number of ether oxygens (including phenoxy) is 2. The molecule has 0 radical (unpaired) electrons. The minimum absolute atomic E-state index is 0.0842. The van der Waals surface area contributed by atoms with Crippen molar-refractivity contribution in [3.05, 3.63) is 58.9 Å². The molecule has 0 fully saturated rings. The predicted molar refractivity (Wildman–Crippen MR) is 107 cm³/mol. The van der Waals surface area contributed by atoms with E-state index in [1.54, 1.807) is 12.1 Å². The second kappa shape index (κ2) is 8.53. The van der Waals surface area contributed by atoms with E-state index in [1.165, 1.54) is 0 Å². The van der Waals surface area contributed by atoms with Gasteiger partial charge in [0.05, 0.1) is 5.92 Å². The third kappa shape index (κ3) is 4.51. The predicted octanol–water partition coefficient (Wildman–Crippen LogP) is 3.62. The van der Waals surface area contributed by atoms with Gasteiger partial charge in [-0.25, -0.2) is 0 Å². The van der Waals surface area contributed by atoms with Crippen molar-refractivity contribution < 1.29 is 18.8 Å². The molecule has 0 saturated heterocycles. The summed E-state index contributed by atoms with van der Waals surface area (Å²) in [6.07, 6.45) is 0.445. The minimum Gasteiger partial charge on any atom is -0.486 e. The van der Waals surface area contributed by atoms with Crippen LogP contribution in [0.1, 0.15) is 24.3 Å². The van der Waals surface area contributed by atoms with Crippen molar-refractivity contribution in [2.24, 2.45) is 0 Å². The highest BCUT2D eigenvalue weighted by molar-refractivity contribution is 6.30. The molecule has 1 unspecified atom stereocenters. The van der Waals surface area contributed by atoms with Crippen LogP contribution in [0.25, 0.3) is 11.4 Å². The third-order valence-electron chi connectivity index (χ3n) is 4.67. The normalized spacial score (nSPS) is 13.7. The molecule has 0 saturated carbocycles. The summed E-state index contributed by atoms with van der Waals surface area (Å²) >= 11 is 5.89. The molecule has 150 valence electrons. The number of aromatic nitrogens is 2. The summed E-state index contributed by atoms with van der Waals surface area (Å²) < 4.78 is 16.4. The Kier molecular flexibility index (Phi) is 5.67. The lowest BCUT2D eigenvalue weighted by atomic mass is 9.99. The Balaban J connectivity index is 1.31. The number of halogens is 1. The molecule has 1 aliphatic rings. The molecule has 0 bridgehead atoms. The van der Waals surface area contributed by atoms with E-state index in [-0.39, 0.29) is 11.8 Å². The molecule has 1 amide bonds. The van der Waals surface area contributed by atoms with Crippen molar-refractivity contribution in [2.75, 3.05) is 19.8 Å². The molecular formula is C21H20ClN3O4. The standard InChI is InChI=1S/C21H20ClN3O4/c1-13(15-4-7-17-18(12-15)28-11-10-27-17)21(26)23-9-8-19-24-20(25-29-19)14-2-5-16(22)6-3-14/h2-7,12-13H,8-11H2,1H3,(H,23,26). The number of rotatable bonds is 6. The topological polar surface area (TPSA) is 86.5 Å². The molecule has 29 heavy (non-hydrogen) atoms. The Morgan fingerprint density at radius 2 is 1.90 bits per heavy atom. The van der Waals surface area contributed by atoms with Crippen molar-refractivity contribution in [3.63, 3.8) is 0 Å². The third-order valence-corrected chi connectivity index (χ3v) is 4.92. The average molecular weight is 414 g/mol. The highest BCUT2D eigenvalue weighted by Crippen LogP contribution is 2.33. The van der Waals surface area contributed by atoms with Crippen LogP contribution in [0.2, 0.25) is 5.02 Å². The molecule has 8 heteroatoms. The summed E-state index contributed by atoms with van der Waals surface area (Å²) in [6.45, 7) is 3.30. The van der Waals surface area contributed by atoms with Crippen molar-refractivity contribution in [1.82, 2.24) is 15.5 Å². The molecule has 1 N–H and O–H groups in total. The molecule has 2 aromatic carbocycles. The Morgan fingerprint density at radius 1 is 1.14 bits per heavy atom. The Morgan fingerprint density at radius 3 is 2.69 bits per heavy atom. The summed E-state index contributed by atoms with van der Waals surface area (Å²) in [4.78, 5) is 16.9. The molecule has 4 rings (SSSR count). The number of hydrogen-bond donors (Lipinski definition) is 1. The average Bonchev–Trinajstić information content (AvgIpc) is 3.22. The van der Waals surface area contributed by atoms with Crippen molar-refractivity contribution in [3.8, 4) is 22.9 Å². The molecule has 1 aromatic heterocycles.